The van der Waals surface area contributed by atoms with Crippen LogP contribution in [0.3, 0.4) is 0 Å². The Morgan fingerprint density at radius 2 is 2.35 bits per heavy atom. The van der Waals surface area contributed by atoms with Gasteiger partial charge in [0, 0.05) is 18.8 Å². The molecule has 17 heavy (non-hydrogen) atoms. The molecule has 2 heterocycles. The molecule has 0 saturated carbocycles. The zero-order chi connectivity index (χ0) is 12.1. The molecule has 0 radical (unpaired) electrons. The lowest BCUT2D eigenvalue weighted by atomic mass is 10.1. The molecule has 1 atom stereocenters. The van der Waals surface area contributed by atoms with Crippen LogP contribution in [0.1, 0.15) is 35.6 Å². The lowest BCUT2D eigenvalue weighted by molar-refractivity contribution is 0.181. The number of hydrogen-bond donors (Lipinski definition) is 1. The van der Waals surface area contributed by atoms with Crippen molar-refractivity contribution in [1.29, 1.82) is 0 Å². The van der Waals surface area contributed by atoms with E-state index in [1.807, 2.05) is 12.1 Å². The Bertz CT molecular complexity index is 458. The normalized spacial score (nSPS) is 12.6. The van der Waals surface area contributed by atoms with Gasteiger partial charge in [-0.25, -0.2) is 0 Å². The third kappa shape index (κ3) is 3.08. The second-order valence-electron chi connectivity index (χ2n) is 3.92. The molecule has 2 aromatic rings. The number of pyridine rings is 1. The average Bonchev–Trinajstić information content (AvgIpc) is 2.79. The molecular weight excluding hydrogens is 234 g/mol. The van der Waals surface area contributed by atoms with Crippen LogP contribution in [0.4, 0.5) is 0 Å². The first kappa shape index (κ1) is 12.1. The van der Waals surface area contributed by atoms with Crippen molar-refractivity contribution in [2.24, 2.45) is 0 Å². The van der Waals surface area contributed by atoms with Gasteiger partial charge in [-0.2, -0.15) is 0 Å². The average molecular weight is 249 g/mol. The smallest absolute Gasteiger partial charge is 0.0957 e. The molecule has 0 saturated heterocycles. The maximum atomic E-state index is 10.2. The number of aromatic nitrogens is 3. The molecule has 4 nitrogen and oxygen atoms in total. The van der Waals surface area contributed by atoms with Crippen molar-refractivity contribution < 1.29 is 5.11 Å². The zero-order valence-corrected chi connectivity index (χ0v) is 10.5. The Balaban J connectivity index is 2.09. The minimum Gasteiger partial charge on any atom is -0.387 e. The molecule has 0 aromatic carbocycles. The number of aryl methyl sites for hydroxylation is 1. The van der Waals surface area contributed by atoms with Gasteiger partial charge in [-0.05, 0) is 29.6 Å². The number of nitrogens with zero attached hydrogens (tertiary/aromatic N) is 3. The van der Waals surface area contributed by atoms with E-state index in [4.69, 9.17) is 0 Å². The van der Waals surface area contributed by atoms with Gasteiger partial charge >= 0.3 is 0 Å². The summed E-state index contributed by atoms with van der Waals surface area (Å²) in [4.78, 5) is 4.92. The molecule has 0 bridgehead atoms. The minimum absolute atomic E-state index is 0.527. The van der Waals surface area contributed by atoms with Crippen LogP contribution >= 0.6 is 11.5 Å². The van der Waals surface area contributed by atoms with E-state index < -0.39 is 6.10 Å². The van der Waals surface area contributed by atoms with Crippen molar-refractivity contribution >= 4 is 11.5 Å². The van der Waals surface area contributed by atoms with E-state index in [9.17, 15) is 5.11 Å². The largest absolute Gasteiger partial charge is 0.387 e. The van der Waals surface area contributed by atoms with Gasteiger partial charge in [0.1, 0.15) is 0 Å². The maximum Gasteiger partial charge on any atom is 0.0957 e. The van der Waals surface area contributed by atoms with Crippen LogP contribution in [0, 0.1) is 0 Å². The van der Waals surface area contributed by atoms with Crippen LogP contribution in [0.25, 0.3) is 0 Å². The second-order valence-corrected chi connectivity index (χ2v) is 4.70. The molecule has 0 spiro atoms. The van der Waals surface area contributed by atoms with Crippen molar-refractivity contribution in [3.05, 3.63) is 40.7 Å². The molecule has 5 heteroatoms. The third-order valence-electron chi connectivity index (χ3n) is 2.53. The van der Waals surface area contributed by atoms with E-state index in [1.54, 1.807) is 12.4 Å². The van der Waals surface area contributed by atoms with Crippen LogP contribution in [-0.2, 0) is 12.8 Å². The van der Waals surface area contributed by atoms with Gasteiger partial charge in [0.15, 0.2) is 0 Å². The molecule has 2 aromatic heterocycles. The summed E-state index contributed by atoms with van der Waals surface area (Å²) in [7, 11) is 0. The van der Waals surface area contributed by atoms with Gasteiger partial charge in [0.05, 0.1) is 16.7 Å². The number of rotatable bonds is 5. The van der Waals surface area contributed by atoms with Crippen molar-refractivity contribution in [2.75, 3.05) is 0 Å². The number of hydrogen-bond acceptors (Lipinski definition) is 5. The maximum absolute atomic E-state index is 10.2. The fourth-order valence-electron chi connectivity index (χ4n) is 1.71. The fourth-order valence-corrected chi connectivity index (χ4v) is 2.39. The van der Waals surface area contributed by atoms with Crippen molar-refractivity contribution in [3.8, 4) is 0 Å². The lowest BCUT2D eigenvalue weighted by Crippen LogP contribution is -2.03. The molecule has 90 valence electrons. The molecule has 0 amide bonds. The van der Waals surface area contributed by atoms with Gasteiger partial charge in [-0.15, -0.1) is 5.10 Å². The topological polar surface area (TPSA) is 58.9 Å². The number of aliphatic hydroxyl groups is 1. The van der Waals surface area contributed by atoms with Gasteiger partial charge in [-0.3, -0.25) is 4.98 Å². The Hall–Kier alpha value is -1.33. The molecule has 0 aliphatic rings. The fraction of sp³-hybridized carbons (Fsp3) is 0.417. The monoisotopic (exact) mass is 249 g/mol. The van der Waals surface area contributed by atoms with Crippen molar-refractivity contribution in [3.63, 3.8) is 0 Å². The third-order valence-corrected chi connectivity index (χ3v) is 3.39. The minimum atomic E-state index is -0.527. The highest BCUT2D eigenvalue weighted by Crippen LogP contribution is 2.24. The highest BCUT2D eigenvalue weighted by molar-refractivity contribution is 7.05. The van der Waals surface area contributed by atoms with E-state index in [2.05, 4.69) is 21.5 Å². The van der Waals surface area contributed by atoms with Crippen LogP contribution in [0.15, 0.2) is 24.5 Å². The van der Waals surface area contributed by atoms with E-state index in [0.29, 0.717) is 6.42 Å². The van der Waals surface area contributed by atoms with Crippen LogP contribution < -0.4 is 0 Å². The Labute approximate surface area is 105 Å². The summed E-state index contributed by atoms with van der Waals surface area (Å²) in [6.45, 7) is 2.09. The van der Waals surface area contributed by atoms with Crippen molar-refractivity contribution in [2.45, 2.75) is 32.3 Å². The van der Waals surface area contributed by atoms with Crippen LogP contribution in [0.2, 0.25) is 0 Å². The molecule has 1 unspecified atom stereocenters. The molecule has 0 fully saturated rings. The summed E-state index contributed by atoms with van der Waals surface area (Å²) in [5.41, 5.74) is 1.95. The number of aliphatic hydroxyl groups excluding tert-OH is 1. The van der Waals surface area contributed by atoms with Gasteiger partial charge in [0.2, 0.25) is 0 Å². The Kier molecular flexibility index (Phi) is 4.17. The van der Waals surface area contributed by atoms with Gasteiger partial charge < -0.3 is 5.11 Å². The summed E-state index contributed by atoms with van der Waals surface area (Å²) in [5.74, 6) is 0. The van der Waals surface area contributed by atoms with Gasteiger partial charge in [-0.1, -0.05) is 23.9 Å². The summed E-state index contributed by atoms with van der Waals surface area (Å²) in [6, 6.07) is 3.84. The first-order chi connectivity index (χ1) is 8.31. The Morgan fingerprint density at radius 1 is 1.47 bits per heavy atom. The Morgan fingerprint density at radius 3 is 3.06 bits per heavy atom. The molecule has 1 N–H and O–H groups in total. The quantitative estimate of drug-likeness (QED) is 0.882. The summed E-state index contributed by atoms with van der Waals surface area (Å²) in [6.07, 6.45) is 5.42. The van der Waals surface area contributed by atoms with E-state index in [1.165, 1.54) is 11.5 Å². The van der Waals surface area contributed by atoms with E-state index in [-0.39, 0.29) is 0 Å². The summed E-state index contributed by atoms with van der Waals surface area (Å²) >= 11 is 1.29. The lowest BCUT2D eigenvalue weighted by Gasteiger charge is -2.09. The highest BCUT2D eigenvalue weighted by Gasteiger charge is 2.16. The summed E-state index contributed by atoms with van der Waals surface area (Å²) in [5, 5.41) is 14.2. The van der Waals surface area contributed by atoms with Crippen LogP contribution in [-0.4, -0.2) is 19.7 Å². The predicted octanol–water partition coefficient (Wildman–Crippen LogP) is 2.16. The van der Waals surface area contributed by atoms with E-state index in [0.717, 1.165) is 29.0 Å². The second kappa shape index (κ2) is 5.84. The predicted molar refractivity (Wildman–Crippen MR) is 66.8 cm³/mol. The highest BCUT2D eigenvalue weighted by atomic mass is 32.1. The molecule has 0 aliphatic heterocycles. The zero-order valence-electron chi connectivity index (χ0n) is 9.71. The van der Waals surface area contributed by atoms with Crippen LogP contribution in [0.5, 0.6) is 0 Å². The SMILES string of the molecule is CCCc1nnsc1C(O)Cc1cccnc1. The van der Waals surface area contributed by atoms with Crippen molar-refractivity contribution in [1.82, 2.24) is 14.6 Å². The standard InChI is InChI=1S/C12H15N3OS/c1-2-4-10-12(17-15-14-10)11(16)7-9-5-3-6-13-8-9/h3,5-6,8,11,16H,2,4,7H2,1H3. The van der Waals surface area contributed by atoms with Gasteiger partial charge in [0.25, 0.3) is 0 Å². The molecular formula is C12H15N3OS. The molecule has 2 rings (SSSR count). The first-order valence-corrected chi connectivity index (χ1v) is 6.46. The van der Waals surface area contributed by atoms with E-state index >= 15 is 0 Å². The first-order valence-electron chi connectivity index (χ1n) is 5.69. The summed E-state index contributed by atoms with van der Waals surface area (Å²) < 4.78 is 3.92. The molecule has 0 aliphatic carbocycles.